The molecule has 0 rings (SSSR count). The summed E-state index contributed by atoms with van der Waals surface area (Å²) in [5.74, 6) is -0.422. The second-order valence-corrected chi connectivity index (χ2v) is 17.8. The standard InChI is InChI=1S/C57H102O5/c1-4-7-10-13-16-19-22-25-28-29-31-32-35-38-41-44-47-50-56(58)61-54-55(53-60-52-49-46-43-40-37-34-27-24-21-18-15-12-9-6-3)62-57(59)51-48-45-42-39-36-33-30-26-23-20-17-14-11-8-5-2/h9,12,18,21,25,27-28,34,40,43,55H,4-8,10-11,13-17,19-20,22-24,26,29-33,35-39,41-42,44-54H2,1-3H3/b12-9-,21-18-,28-25-,34-27-,43-40-. The molecule has 1 unspecified atom stereocenters. The van der Waals surface area contributed by atoms with Gasteiger partial charge in [-0.15, -0.1) is 0 Å². The highest BCUT2D eigenvalue weighted by Crippen LogP contribution is 2.15. The Labute approximate surface area is 385 Å². The summed E-state index contributed by atoms with van der Waals surface area (Å²) in [6.07, 6.45) is 66.7. The minimum absolute atomic E-state index is 0.0632. The van der Waals surface area contributed by atoms with Crippen LogP contribution in [0.5, 0.6) is 0 Å². The lowest BCUT2D eigenvalue weighted by molar-refractivity contribution is -0.163. The molecule has 0 aliphatic carbocycles. The van der Waals surface area contributed by atoms with E-state index in [2.05, 4.69) is 81.5 Å². The van der Waals surface area contributed by atoms with Gasteiger partial charge in [0.05, 0.1) is 6.61 Å². The molecule has 62 heavy (non-hydrogen) atoms. The van der Waals surface area contributed by atoms with E-state index in [4.69, 9.17) is 14.2 Å². The molecule has 0 bridgehead atoms. The molecule has 5 heteroatoms. The number of unbranched alkanes of at least 4 members (excludes halogenated alkanes) is 28. The minimum Gasteiger partial charge on any atom is -0.462 e. The summed E-state index contributed by atoms with van der Waals surface area (Å²) in [4.78, 5) is 25.4. The fourth-order valence-corrected chi connectivity index (χ4v) is 7.57. The molecule has 0 amide bonds. The summed E-state index contributed by atoms with van der Waals surface area (Å²) in [6, 6.07) is 0. The third-order valence-corrected chi connectivity index (χ3v) is 11.5. The number of rotatable bonds is 49. The van der Waals surface area contributed by atoms with Gasteiger partial charge >= 0.3 is 11.9 Å². The molecule has 1 atom stereocenters. The molecule has 0 aliphatic rings. The first-order valence-electron chi connectivity index (χ1n) is 26.8. The lowest BCUT2D eigenvalue weighted by Crippen LogP contribution is -2.30. The maximum atomic E-state index is 12.8. The molecule has 0 aromatic carbocycles. The van der Waals surface area contributed by atoms with Gasteiger partial charge in [0.25, 0.3) is 0 Å². The second kappa shape index (κ2) is 52.9. The molecule has 0 saturated carbocycles. The molecule has 0 spiro atoms. The predicted molar refractivity (Wildman–Crippen MR) is 270 cm³/mol. The van der Waals surface area contributed by atoms with Crippen LogP contribution in [-0.4, -0.2) is 37.9 Å². The number of ether oxygens (including phenoxy) is 3. The third kappa shape index (κ3) is 50.2. The van der Waals surface area contributed by atoms with Crippen LogP contribution >= 0.6 is 0 Å². The predicted octanol–water partition coefficient (Wildman–Crippen LogP) is 18.1. The number of carbonyl (C=O) groups is 2. The summed E-state index contributed by atoms with van der Waals surface area (Å²) < 4.78 is 17.4. The van der Waals surface area contributed by atoms with Crippen molar-refractivity contribution in [1.29, 1.82) is 0 Å². The van der Waals surface area contributed by atoms with Gasteiger partial charge in [-0.25, -0.2) is 0 Å². The summed E-state index contributed by atoms with van der Waals surface area (Å²) in [5, 5.41) is 0. The highest BCUT2D eigenvalue weighted by molar-refractivity contribution is 5.70. The zero-order valence-electron chi connectivity index (χ0n) is 41.4. The van der Waals surface area contributed by atoms with Crippen LogP contribution in [0.2, 0.25) is 0 Å². The van der Waals surface area contributed by atoms with E-state index < -0.39 is 6.10 Å². The number of hydrogen-bond donors (Lipinski definition) is 0. The molecular weight excluding hydrogens is 765 g/mol. The van der Waals surface area contributed by atoms with Crippen LogP contribution in [-0.2, 0) is 23.8 Å². The van der Waals surface area contributed by atoms with E-state index in [1.807, 2.05) is 0 Å². The maximum absolute atomic E-state index is 12.8. The molecule has 0 N–H and O–H groups in total. The van der Waals surface area contributed by atoms with E-state index in [-0.39, 0.29) is 25.2 Å². The Balaban J connectivity index is 4.31. The van der Waals surface area contributed by atoms with Gasteiger partial charge in [0.15, 0.2) is 6.10 Å². The molecule has 0 saturated heterocycles. The van der Waals surface area contributed by atoms with E-state index in [0.717, 1.165) is 70.6 Å². The van der Waals surface area contributed by atoms with Crippen molar-refractivity contribution >= 4 is 11.9 Å². The highest BCUT2D eigenvalue weighted by atomic mass is 16.6. The van der Waals surface area contributed by atoms with E-state index in [1.54, 1.807) is 0 Å². The Bertz CT molecular complexity index is 1070. The number of allylic oxidation sites excluding steroid dienone is 10. The monoisotopic (exact) mass is 867 g/mol. The highest BCUT2D eigenvalue weighted by Gasteiger charge is 2.17. The fraction of sp³-hybridized carbons (Fsp3) is 0.789. The first-order valence-corrected chi connectivity index (χ1v) is 26.8. The summed E-state index contributed by atoms with van der Waals surface area (Å²) >= 11 is 0. The molecule has 5 nitrogen and oxygen atoms in total. The van der Waals surface area contributed by atoms with Crippen molar-refractivity contribution in [2.24, 2.45) is 0 Å². The van der Waals surface area contributed by atoms with Gasteiger partial charge in [-0.05, 0) is 77.0 Å². The Morgan fingerprint density at radius 2 is 0.726 bits per heavy atom. The van der Waals surface area contributed by atoms with Gasteiger partial charge < -0.3 is 14.2 Å². The third-order valence-electron chi connectivity index (χ3n) is 11.5. The molecule has 0 aromatic rings. The topological polar surface area (TPSA) is 61.8 Å². The summed E-state index contributed by atoms with van der Waals surface area (Å²) in [6.45, 7) is 7.60. The molecule has 0 radical (unpaired) electrons. The van der Waals surface area contributed by atoms with Crippen LogP contribution in [0.25, 0.3) is 0 Å². The van der Waals surface area contributed by atoms with Crippen LogP contribution in [0.3, 0.4) is 0 Å². The second-order valence-electron chi connectivity index (χ2n) is 17.8. The van der Waals surface area contributed by atoms with Crippen LogP contribution < -0.4 is 0 Å². The van der Waals surface area contributed by atoms with Crippen molar-refractivity contribution in [3.05, 3.63) is 60.8 Å². The van der Waals surface area contributed by atoms with Crippen LogP contribution in [0, 0.1) is 0 Å². The average molecular weight is 867 g/mol. The number of hydrogen-bond acceptors (Lipinski definition) is 5. The lowest BCUT2D eigenvalue weighted by atomic mass is 10.0. The smallest absolute Gasteiger partial charge is 0.306 e. The van der Waals surface area contributed by atoms with E-state index in [0.29, 0.717) is 19.4 Å². The van der Waals surface area contributed by atoms with E-state index in [9.17, 15) is 9.59 Å². The normalized spacial score (nSPS) is 12.6. The molecule has 0 heterocycles. The maximum Gasteiger partial charge on any atom is 0.306 e. The molecule has 0 fully saturated rings. The van der Waals surface area contributed by atoms with Crippen molar-refractivity contribution in [1.82, 2.24) is 0 Å². The Morgan fingerprint density at radius 3 is 1.18 bits per heavy atom. The first kappa shape index (κ1) is 59.6. The van der Waals surface area contributed by atoms with Gasteiger partial charge in [0.1, 0.15) is 6.61 Å². The average Bonchev–Trinajstić information content (AvgIpc) is 3.27. The van der Waals surface area contributed by atoms with Gasteiger partial charge in [-0.3, -0.25) is 9.59 Å². The Morgan fingerprint density at radius 1 is 0.371 bits per heavy atom. The zero-order chi connectivity index (χ0) is 44.9. The van der Waals surface area contributed by atoms with Crippen LogP contribution in [0.1, 0.15) is 265 Å². The van der Waals surface area contributed by atoms with E-state index >= 15 is 0 Å². The quantitative estimate of drug-likeness (QED) is 0.0346. The van der Waals surface area contributed by atoms with Crippen molar-refractivity contribution in [3.63, 3.8) is 0 Å². The summed E-state index contributed by atoms with van der Waals surface area (Å²) in [5.41, 5.74) is 0. The zero-order valence-corrected chi connectivity index (χ0v) is 41.4. The fourth-order valence-electron chi connectivity index (χ4n) is 7.57. The first-order chi connectivity index (χ1) is 30.6. The van der Waals surface area contributed by atoms with Crippen LogP contribution in [0.4, 0.5) is 0 Å². The Hall–Kier alpha value is -2.40. The van der Waals surface area contributed by atoms with Crippen molar-refractivity contribution in [2.45, 2.75) is 271 Å². The lowest BCUT2D eigenvalue weighted by Gasteiger charge is -2.18. The molecule has 0 aliphatic heterocycles. The SMILES string of the molecule is CC/C=C\C/C=C\C/C=C\C/C=C\CCCOCC(COC(=O)CCCCCCCCC/C=C\CCCCCCCC)OC(=O)CCCCCCCCCCCCCCCCC. The minimum atomic E-state index is -0.564. The number of carbonyl (C=O) groups excluding carboxylic acids is 2. The molecule has 0 aromatic heterocycles. The molecular formula is C57H102O5. The van der Waals surface area contributed by atoms with Gasteiger partial charge in [0.2, 0.25) is 0 Å². The van der Waals surface area contributed by atoms with Gasteiger partial charge in [-0.1, -0.05) is 236 Å². The Kier molecular flexibility index (Phi) is 50.9. The largest absolute Gasteiger partial charge is 0.462 e. The summed E-state index contributed by atoms with van der Waals surface area (Å²) in [7, 11) is 0. The van der Waals surface area contributed by atoms with Crippen molar-refractivity contribution in [2.75, 3.05) is 19.8 Å². The molecule has 360 valence electrons. The van der Waals surface area contributed by atoms with Crippen LogP contribution in [0.15, 0.2) is 60.8 Å². The van der Waals surface area contributed by atoms with Gasteiger partial charge in [-0.2, -0.15) is 0 Å². The number of esters is 2. The van der Waals surface area contributed by atoms with Crippen molar-refractivity contribution in [3.8, 4) is 0 Å². The van der Waals surface area contributed by atoms with E-state index in [1.165, 1.54) is 161 Å². The van der Waals surface area contributed by atoms with Crippen molar-refractivity contribution < 1.29 is 23.8 Å². The van der Waals surface area contributed by atoms with Gasteiger partial charge in [0, 0.05) is 19.4 Å².